The van der Waals surface area contributed by atoms with Crippen molar-refractivity contribution < 1.29 is 17.9 Å². The summed E-state index contributed by atoms with van der Waals surface area (Å²) in [6.07, 6.45) is 0. The third kappa shape index (κ3) is 3.03. The van der Waals surface area contributed by atoms with Crippen molar-refractivity contribution in [3.63, 3.8) is 0 Å². The summed E-state index contributed by atoms with van der Waals surface area (Å²) in [5.74, 6) is -0.508. The van der Waals surface area contributed by atoms with Crippen LogP contribution < -0.4 is 4.72 Å². The number of aryl methyl sites for hydroxylation is 1. The van der Waals surface area contributed by atoms with Gasteiger partial charge >= 0.3 is 0 Å². The number of phenols is 1. The molecule has 2 rings (SSSR count). The van der Waals surface area contributed by atoms with Gasteiger partial charge in [-0.25, -0.2) is 12.8 Å². The summed E-state index contributed by atoms with van der Waals surface area (Å²) in [6, 6.07) is 8.93. The van der Waals surface area contributed by atoms with Crippen LogP contribution in [0.4, 0.5) is 10.1 Å². The summed E-state index contributed by atoms with van der Waals surface area (Å²) in [7, 11) is -3.79. The maximum Gasteiger partial charge on any atom is 0.261 e. The highest BCUT2D eigenvalue weighted by molar-refractivity contribution is 7.92. The second-order valence-electron chi connectivity index (χ2n) is 4.06. The van der Waals surface area contributed by atoms with Gasteiger partial charge in [-0.1, -0.05) is 6.07 Å². The van der Waals surface area contributed by atoms with Crippen LogP contribution in [0.1, 0.15) is 5.56 Å². The zero-order valence-electron chi connectivity index (χ0n) is 10.1. The number of nitrogens with one attached hydrogen (secondary N) is 1. The molecule has 6 heteroatoms. The van der Waals surface area contributed by atoms with Crippen LogP contribution >= 0.6 is 0 Å². The van der Waals surface area contributed by atoms with Gasteiger partial charge < -0.3 is 5.11 Å². The summed E-state index contributed by atoms with van der Waals surface area (Å²) in [4.78, 5) is -0.0473. The average molecular weight is 281 g/mol. The topological polar surface area (TPSA) is 66.4 Å². The van der Waals surface area contributed by atoms with E-state index in [4.69, 9.17) is 0 Å². The molecule has 0 aromatic heterocycles. The van der Waals surface area contributed by atoms with E-state index in [1.165, 1.54) is 24.3 Å². The molecular weight excluding hydrogens is 269 g/mol. The molecule has 0 saturated carbocycles. The summed E-state index contributed by atoms with van der Waals surface area (Å²) >= 11 is 0. The lowest BCUT2D eigenvalue weighted by Crippen LogP contribution is -2.12. The molecule has 0 aliphatic heterocycles. The Morgan fingerprint density at radius 1 is 1.11 bits per heavy atom. The molecule has 0 spiro atoms. The molecule has 100 valence electrons. The molecular formula is C13H12FNO3S. The number of hydrogen-bond acceptors (Lipinski definition) is 3. The van der Waals surface area contributed by atoms with E-state index in [0.717, 1.165) is 12.1 Å². The molecule has 0 atom stereocenters. The molecule has 0 saturated heterocycles. The van der Waals surface area contributed by atoms with Crippen LogP contribution in [-0.4, -0.2) is 13.5 Å². The Morgan fingerprint density at radius 3 is 2.32 bits per heavy atom. The molecule has 0 fully saturated rings. The highest BCUT2D eigenvalue weighted by Crippen LogP contribution is 2.23. The molecule has 0 heterocycles. The number of anilines is 1. The van der Waals surface area contributed by atoms with Crippen molar-refractivity contribution in [2.24, 2.45) is 0 Å². The first-order chi connectivity index (χ1) is 8.88. The molecule has 2 aromatic carbocycles. The Hall–Kier alpha value is -2.08. The third-order valence-electron chi connectivity index (χ3n) is 2.59. The van der Waals surface area contributed by atoms with Crippen LogP contribution in [0.3, 0.4) is 0 Å². The van der Waals surface area contributed by atoms with Gasteiger partial charge in [-0.3, -0.25) is 4.72 Å². The van der Waals surface area contributed by atoms with Crippen molar-refractivity contribution in [1.82, 2.24) is 0 Å². The molecule has 2 N–H and O–H groups in total. The number of hydrogen-bond donors (Lipinski definition) is 2. The van der Waals surface area contributed by atoms with Crippen LogP contribution in [0.5, 0.6) is 5.75 Å². The predicted octanol–water partition coefficient (Wildman–Crippen LogP) is 2.64. The average Bonchev–Trinajstić information content (AvgIpc) is 2.34. The number of phenolic OH excluding ortho intramolecular Hbond substituents is 1. The Morgan fingerprint density at radius 2 is 1.74 bits per heavy atom. The van der Waals surface area contributed by atoms with Gasteiger partial charge in [0.25, 0.3) is 10.0 Å². The van der Waals surface area contributed by atoms with Crippen LogP contribution in [0.15, 0.2) is 47.4 Å². The summed E-state index contributed by atoms with van der Waals surface area (Å²) in [5.41, 5.74) is 0.886. The van der Waals surface area contributed by atoms with Crippen molar-refractivity contribution in [3.8, 4) is 5.75 Å². The quantitative estimate of drug-likeness (QED) is 0.909. The van der Waals surface area contributed by atoms with Crippen molar-refractivity contribution in [3.05, 3.63) is 53.8 Å². The van der Waals surface area contributed by atoms with E-state index >= 15 is 0 Å². The largest absolute Gasteiger partial charge is 0.508 e. The summed E-state index contributed by atoms with van der Waals surface area (Å²) < 4.78 is 39.1. The van der Waals surface area contributed by atoms with Crippen LogP contribution in [0.2, 0.25) is 0 Å². The summed E-state index contributed by atoms with van der Waals surface area (Å²) in [6.45, 7) is 1.70. The van der Waals surface area contributed by atoms with Gasteiger partial charge in [0.05, 0.1) is 10.6 Å². The fourth-order valence-electron chi connectivity index (χ4n) is 1.50. The molecule has 0 bridgehead atoms. The molecule has 0 aliphatic rings. The second-order valence-corrected chi connectivity index (χ2v) is 5.74. The lowest BCUT2D eigenvalue weighted by molar-refractivity contribution is 0.471. The fourth-order valence-corrected chi connectivity index (χ4v) is 2.55. The van der Waals surface area contributed by atoms with Gasteiger partial charge in [0.15, 0.2) is 0 Å². The lowest BCUT2D eigenvalue weighted by Gasteiger charge is -2.09. The Bertz CT molecular complexity index is 696. The minimum absolute atomic E-state index is 0.000642. The summed E-state index contributed by atoms with van der Waals surface area (Å²) in [5, 5.41) is 9.52. The Kier molecular flexibility index (Phi) is 3.44. The van der Waals surface area contributed by atoms with Crippen molar-refractivity contribution in [1.29, 1.82) is 0 Å². The highest BCUT2D eigenvalue weighted by Gasteiger charge is 2.14. The van der Waals surface area contributed by atoms with Crippen LogP contribution in [0.25, 0.3) is 0 Å². The molecule has 19 heavy (non-hydrogen) atoms. The van der Waals surface area contributed by atoms with Gasteiger partial charge in [-0.2, -0.15) is 0 Å². The van der Waals surface area contributed by atoms with Gasteiger partial charge in [0.1, 0.15) is 11.6 Å². The zero-order chi connectivity index (χ0) is 14.0. The van der Waals surface area contributed by atoms with Gasteiger partial charge in [-0.15, -0.1) is 0 Å². The number of aromatic hydroxyl groups is 1. The normalized spacial score (nSPS) is 11.3. The maximum atomic E-state index is 12.8. The number of rotatable bonds is 3. The Balaban J connectivity index is 2.30. The first-order valence-electron chi connectivity index (χ1n) is 5.46. The van der Waals surface area contributed by atoms with Crippen molar-refractivity contribution in [2.75, 3.05) is 4.72 Å². The van der Waals surface area contributed by atoms with E-state index < -0.39 is 15.8 Å². The van der Waals surface area contributed by atoms with E-state index in [0.29, 0.717) is 5.56 Å². The zero-order valence-corrected chi connectivity index (χ0v) is 10.9. The minimum Gasteiger partial charge on any atom is -0.508 e. The monoisotopic (exact) mass is 281 g/mol. The molecule has 2 aromatic rings. The van der Waals surface area contributed by atoms with Gasteiger partial charge in [0, 0.05) is 6.07 Å². The molecule has 4 nitrogen and oxygen atoms in total. The molecule has 0 unspecified atom stereocenters. The minimum atomic E-state index is -3.79. The Labute approximate surface area is 110 Å². The van der Waals surface area contributed by atoms with Gasteiger partial charge in [0.2, 0.25) is 0 Å². The first-order valence-corrected chi connectivity index (χ1v) is 6.95. The van der Waals surface area contributed by atoms with Crippen molar-refractivity contribution in [2.45, 2.75) is 11.8 Å². The molecule has 0 radical (unpaired) electrons. The molecule has 0 aliphatic carbocycles. The second kappa shape index (κ2) is 4.89. The van der Waals surface area contributed by atoms with E-state index in [1.807, 2.05) is 0 Å². The lowest BCUT2D eigenvalue weighted by atomic mass is 10.2. The molecule has 0 amide bonds. The first kappa shape index (κ1) is 13.4. The SMILES string of the molecule is Cc1ccc(NS(=O)(=O)c2ccc(F)cc2)cc1O. The van der Waals surface area contributed by atoms with E-state index in [-0.39, 0.29) is 16.3 Å². The standard InChI is InChI=1S/C13H12FNO3S/c1-9-2-5-11(8-13(9)16)15-19(17,18)12-6-3-10(14)4-7-12/h2-8,15-16H,1H3. The third-order valence-corrected chi connectivity index (χ3v) is 3.98. The van der Waals surface area contributed by atoms with E-state index in [1.54, 1.807) is 13.0 Å². The van der Waals surface area contributed by atoms with Gasteiger partial charge in [-0.05, 0) is 42.8 Å². The fraction of sp³-hybridized carbons (Fsp3) is 0.0769. The smallest absolute Gasteiger partial charge is 0.261 e. The predicted molar refractivity (Wildman–Crippen MR) is 70.1 cm³/mol. The number of benzene rings is 2. The van der Waals surface area contributed by atoms with E-state index in [2.05, 4.69) is 4.72 Å². The number of halogens is 1. The van der Waals surface area contributed by atoms with Crippen molar-refractivity contribution >= 4 is 15.7 Å². The number of sulfonamides is 1. The van der Waals surface area contributed by atoms with E-state index in [9.17, 15) is 17.9 Å². The van der Waals surface area contributed by atoms with Crippen LogP contribution in [-0.2, 0) is 10.0 Å². The van der Waals surface area contributed by atoms with Crippen LogP contribution in [0, 0.1) is 12.7 Å². The highest BCUT2D eigenvalue weighted by atomic mass is 32.2. The maximum absolute atomic E-state index is 12.8.